The molecule has 0 radical (unpaired) electrons. The number of benzene rings is 2. The highest BCUT2D eigenvalue weighted by Gasteiger charge is 2.47. The van der Waals surface area contributed by atoms with Gasteiger partial charge in [0.15, 0.2) is 0 Å². The van der Waals surface area contributed by atoms with Crippen LogP contribution in [0.15, 0.2) is 54.6 Å². The summed E-state index contributed by atoms with van der Waals surface area (Å²) in [7, 11) is 0. The van der Waals surface area contributed by atoms with E-state index in [2.05, 4.69) is 5.32 Å². The second kappa shape index (κ2) is 9.43. The van der Waals surface area contributed by atoms with Gasteiger partial charge in [-0.25, -0.2) is 9.69 Å². The number of urea groups is 1. The van der Waals surface area contributed by atoms with Crippen molar-refractivity contribution in [3.05, 3.63) is 54.6 Å². The van der Waals surface area contributed by atoms with Gasteiger partial charge in [-0.15, -0.1) is 0 Å². The summed E-state index contributed by atoms with van der Waals surface area (Å²) >= 11 is 0. The molecular formula is C23H27N3O4. The number of ether oxygens (including phenoxy) is 1. The van der Waals surface area contributed by atoms with Gasteiger partial charge in [0, 0.05) is 11.7 Å². The molecule has 0 aromatic heterocycles. The maximum Gasteiger partial charge on any atom is 0.332 e. The van der Waals surface area contributed by atoms with Crippen LogP contribution in [-0.2, 0) is 9.59 Å². The third-order valence-corrected chi connectivity index (χ3v) is 4.81. The molecule has 4 amide bonds. The van der Waals surface area contributed by atoms with Gasteiger partial charge in [0.25, 0.3) is 5.91 Å². The van der Waals surface area contributed by atoms with E-state index in [4.69, 9.17) is 4.74 Å². The number of nitrogens with zero attached hydrogens (tertiary/aromatic N) is 2. The number of para-hydroxylation sites is 1. The van der Waals surface area contributed by atoms with E-state index < -0.39 is 18.0 Å². The summed E-state index contributed by atoms with van der Waals surface area (Å²) < 4.78 is 5.54. The number of hydrogen-bond acceptors (Lipinski definition) is 4. The first-order chi connectivity index (χ1) is 14.4. The zero-order valence-corrected chi connectivity index (χ0v) is 17.5. The van der Waals surface area contributed by atoms with E-state index in [9.17, 15) is 14.4 Å². The monoisotopic (exact) mass is 409 g/mol. The number of anilines is 2. The Labute approximate surface area is 176 Å². The third-order valence-electron chi connectivity index (χ3n) is 4.81. The van der Waals surface area contributed by atoms with E-state index in [0.29, 0.717) is 18.0 Å². The number of hydrogen-bond donors (Lipinski definition) is 1. The molecule has 7 heteroatoms. The second-order valence-corrected chi connectivity index (χ2v) is 7.43. The molecule has 1 heterocycles. The number of imide groups is 1. The standard InChI is InChI=1S/C23H27N3O4/c1-4-14-30-19-12-10-17(11-13-19)24-21(27)15-20-22(28)26(18-8-6-5-7-9-18)23(29)25(20)16(2)3/h5-13,16,20H,4,14-15H2,1-3H3,(H,24,27)/t20-/m1/s1. The van der Waals surface area contributed by atoms with Crippen molar-refractivity contribution in [2.24, 2.45) is 0 Å². The average Bonchev–Trinajstić information content (AvgIpc) is 2.97. The Morgan fingerprint density at radius 1 is 1.07 bits per heavy atom. The van der Waals surface area contributed by atoms with Crippen LogP contribution in [0.4, 0.5) is 16.2 Å². The fourth-order valence-corrected chi connectivity index (χ4v) is 3.43. The molecule has 30 heavy (non-hydrogen) atoms. The summed E-state index contributed by atoms with van der Waals surface area (Å²) in [6.07, 6.45) is 0.805. The molecule has 2 aromatic rings. The van der Waals surface area contributed by atoms with Crippen LogP contribution < -0.4 is 15.0 Å². The van der Waals surface area contributed by atoms with Gasteiger partial charge in [-0.05, 0) is 56.7 Å². The molecule has 158 valence electrons. The average molecular weight is 409 g/mol. The fraction of sp³-hybridized carbons (Fsp3) is 0.348. The molecule has 0 bridgehead atoms. The van der Waals surface area contributed by atoms with Gasteiger partial charge in [0.2, 0.25) is 5.91 Å². The molecular weight excluding hydrogens is 382 g/mol. The first-order valence-corrected chi connectivity index (χ1v) is 10.2. The van der Waals surface area contributed by atoms with Gasteiger partial charge in [-0.3, -0.25) is 9.59 Å². The highest BCUT2D eigenvalue weighted by molar-refractivity contribution is 6.22. The summed E-state index contributed by atoms with van der Waals surface area (Å²) in [4.78, 5) is 41.2. The normalized spacial score (nSPS) is 16.3. The molecule has 0 aliphatic carbocycles. The third kappa shape index (κ3) is 4.62. The maximum atomic E-state index is 13.0. The van der Waals surface area contributed by atoms with Crippen LogP contribution in [-0.4, -0.2) is 41.4 Å². The second-order valence-electron chi connectivity index (χ2n) is 7.43. The van der Waals surface area contributed by atoms with Crippen LogP contribution in [0.2, 0.25) is 0 Å². The summed E-state index contributed by atoms with van der Waals surface area (Å²) in [5.41, 5.74) is 1.11. The van der Waals surface area contributed by atoms with Crippen LogP contribution in [0, 0.1) is 0 Å². The van der Waals surface area contributed by atoms with Gasteiger partial charge in [-0.2, -0.15) is 0 Å². The number of amides is 4. The Kier molecular flexibility index (Phi) is 6.72. The van der Waals surface area contributed by atoms with Gasteiger partial charge < -0.3 is 15.0 Å². The molecule has 3 rings (SSSR count). The Hall–Kier alpha value is -3.35. The highest BCUT2D eigenvalue weighted by Crippen LogP contribution is 2.28. The molecule has 7 nitrogen and oxygen atoms in total. The molecule has 0 unspecified atom stereocenters. The molecule has 1 N–H and O–H groups in total. The van der Waals surface area contributed by atoms with Gasteiger partial charge >= 0.3 is 6.03 Å². The predicted molar refractivity (Wildman–Crippen MR) is 116 cm³/mol. The zero-order chi connectivity index (χ0) is 21.7. The minimum atomic E-state index is -0.843. The highest BCUT2D eigenvalue weighted by atomic mass is 16.5. The number of nitrogens with one attached hydrogen (secondary N) is 1. The van der Waals surface area contributed by atoms with Crippen molar-refractivity contribution >= 4 is 29.2 Å². The Balaban J connectivity index is 1.71. The lowest BCUT2D eigenvalue weighted by molar-refractivity contribution is -0.124. The lowest BCUT2D eigenvalue weighted by Crippen LogP contribution is -2.42. The Bertz CT molecular complexity index is 896. The van der Waals surface area contributed by atoms with E-state index in [1.807, 2.05) is 26.8 Å². The molecule has 2 aromatic carbocycles. The van der Waals surface area contributed by atoms with Gasteiger partial charge in [-0.1, -0.05) is 25.1 Å². The minimum Gasteiger partial charge on any atom is -0.494 e. The van der Waals surface area contributed by atoms with Crippen molar-refractivity contribution in [2.75, 3.05) is 16.8 Å². The summed E-state index contributed by atoms with van der Waals surface area (Å²) in [5.74, 6) is 0.0122. The summed E-state index contributed by atoms with van der Waals surface area (Å²) in [6, 6.07) is 14.4. The minimum absolute atomic E-state index is 0.111. The first kappa shape index (κ1) is 21.4. The van der Waals surface area contributed by atoms with Crippen molar-refractivity contribution in [3.8, 4) is 5.75 Å². The van der Waals surface area contributed by atoms with Crippen LogP contribution >= 0.6 is 0 Å². The molecule has 1 saturated heterocycles. The van der Waals surface area contributed by atoms with Crippen molar-refractivity contribution in [1.82, 2.24) is 4.90 Å². The van der Waals surface area contributed by atoms with Crippen LogP contribution in [0.5, 0.6) is 5.75 Å². The SMILES string of the molecule is CCCOc1ccc(NC(=O)C[C@@H]2C(=O)N(c3ccccc3)C(=O)N2C(C)C)cc1. The molecule has 1 aliphatic rings. The van der Waals surface area contributed by atoms with E-state index in [1.54, 1.807) is 48.5 Å². The van der Waals surface area contributed by atoms with Crippen molar-refractivity contribution in [1.29, 1.82) is 0 Å². The van der Waals surface area contributed by atoms with Crippen molar-refractivity contribution in [3.63, 3.8) is 0 Å². The smallest absolute Gasteiger partial charge is 0.332 e. The molecule has 1 aliphatic heterocycles. The number of carbonyl (C=O) groups excluding carboxylic acids is 3. The van der Waals surface area contributed by atoms with E-state index >= 15 is 0 Å². The van der Waals surface area contributed by atoms with Crippen molar-refractivity contribution in [2.45, 2.75) is 45.7 Å². The predicted octanol–water partition coefficient (Wildman–Crippen LogP) is 4.05. The zero-order valence-electron chi connectivity index (χ0n) is 17.5. The first-order valence-electron chi connectivity index (χ1n) is 10.2. The molecule has 1 atom stereocenters. The van der Waals surface area contributed by atoms with E-state index in [0.717, 1.165) is 17.1 Å². The topological polar surface area (TPSA) is 79.0 Å². The Morgan fingerprint density at radius 3 is 2.33 bits per heavy atom. The van der Waals surface area contributed by atoms with E-state index in [1.165, 1.54) is 4.90 Å². The van der Waals surface area contributed by atoms with Crippen LogP contribution in [0.1, 0.15) is 33.6 Å². The van der Waals surface area contributed by atoms with E-state index in [-0.39, 0.29) is 18.4 Å². The fourth-order valence-electron chi connectivity index (χ4n) is 3.43. The number of carbonyl (C=O) groups is 3. The largest absolute Gasteiger partial charge is 0.494 e. The summed E-state index contributed by atoms with van der Waals surface area (Å²) in [5, 5.41) is 2.80. The van der Waals surface area contributed by atoms with Gasteiger partial charge in [0.1, 0.15) is 11.8 Å². The number of rotatable bonds is 8. The summed E-state index contributed by atoms with van der Waals surface area (Å²) in [6.45, 7) is 6.33. The van der Waals surface area contributed by atoms with Crippen LogP contribution in [0.3, 0.4) is 0 Å². The Morgan fingerprint density at radius 2 is 1.73 bits per heavy atom. The maximum absolute atomic E-state index is 13.0. The van der Waals surface area contributed by atoms with Crippen molar-refractivity contribution < 1.29 is 19.1 Å². The lowest BCUT2D eigenvalue weighted by atomic mass is 10.1. The molecule has 1 fully saturated rings. The van der Waals surface area contributed by atoms with Gasteiger partial charge in [0.05, 0.1) is 18.7 Å². The molecule has 0 saturated carbocycles. The quantitative estimate of drug-likeness (QED) is 0.667. The molecule has 0 spiro atoms. The van der Waals surface area contributed by atoms with Crippen LogP contribution in [0.25, 0.3) is 0 Å². The lowest BCUT2D eigenvalue weighted by Gasteiger charge is -2.25.